The van der Waals surface area contributed by atoms with Gasteiger partial charge in [0.25, 0.3) is 0 Å². The van der Waals surface area contributed by atoms with Crippen molar-refractivity contribution in [2.45, 2.75) is 12.5 Å². The number of urea groups is 1. The molecule has 66 valence electrons. The van der Waals surface area contributed by atoms with Crippen molar-refractivity contribution in [1.82, 2.24) is 16.0 Å². The number of rotatable bonds is 1. The third-order valence-corrected chi connectivity index (χ3v) is 1.51. The molecule has 0 bridgehead atoms. The number of carbonyl (C=O) groups is 3. The second kappa shape index (κ2) is 3.21. The van der Waals surface area contributed by atoms with Gasteiger partial charge in [0, 0.05) is 7.05 Å². The third kappa shape index (κ3) is 1.71. The summed E-state index contributed by atoms with van der Waals surface area (Å²) >= 11 is 0. The molecule has 3 N–H and O–H groups in total. The van der Waals surface area contributed by atoms with Crippen molar-refractivity contribution in [3.63, 3.8) is 0 Å². The van der Waals surface area contributed by atoms with Crippen LogP contribution >= 0.6 is 0 Å². The van der Waals surface area contributed by atoms with Crippen molar-refractivity contribution in [3.8, 4) is 0 Å². The Bertz CT molecular complexity index is 222. The monoisotopic (exact) mass is 171 g/mol. The van der Waals surface area contributed by atoms with Gasteiger partial charge in [-0.05, 0) is 0 Å². The largest absolute Gasteiger partial charge is 0.357 e. The molecule has 1 heterocycles. The Morgan fingerprint density at radius 1 is 1.58 bits per heavy atom. The molecule has 0 saturated carbocycles. The first-order valence-corrected chi connectivity index (χ1v) is 3.45. The zero-order valence-corrected chi connectivity index (χ0v) is 6.51. The Labute approximate surface area is 68.7 Å². The van der Waals surface area contributed by atoms with Crippen LogP contribution in [0.4, 0.5) is 4.79 Å². The van der Waals surface area contributed by atoms with Crippen LogP contribution in [0.5, 0.6) is 0 Å². The van der Waals surface area contributed by atoms with E-state index in [2.05, 4.69) is 10.6 Å². The molecule has 0 radical (unpaired) electrons. The van der Waals surface area contributed by atoms with Crippen LogP contribution in [0.15, 0.2) is 0 Å². The SMILES string of the molecule is CNC(=O)C1CC(=O)NC(=O)N1. The predicted molar refractivity (Wildman–Crippen MR) is 39.1 cm³/mol. The molecule has 1 unspecified atom stereocenters. The fourth-order valence-electron chi connectivity index (χ4n) is 0.941. The van der Waals surface area contributed by atoms with Crippen LogP contribution in [0.3, 0.4) is 0 Å². The van der Waals surface area contributed by atoms with E-state index in [1.807, 2.05) is 5.32 Å². The van der Waals surface area contributed by atoms with E-state index in [0.717, 1.165) is 0 Å². The molecule has 1 rings (SSSR count). The van der Waals surface area contributed by atoms with Gasteiger partial charge in [0.05, 0.1) is 6.42 Å². The molecule has 1 atom stereocenters. The van der Waals surface area contributed by atoms with Crippen LogP contribution in [0, 0.1) is 0 Å². The summed E-state index contributed by atoms with van der Waals surface area (Å²) in [6, 6.07) is -1.36. The molecule has 6 heteroatoms. The number of hydrogen-bond donors (Lipinski definition) is 3. The lowest BCUT2D eigenvalue weighted by Crippen LogP contribution is -2.57. The second-order valence-electron chi connectivity index (χ2n) is 2.39. The average Bonchev–Trinajstić information content (AvgIpc) is 2.01. The van der Waals surface area contributed by atoms with Crippen LogP contribution in [0.2, 0.25) is 0 Å². The Kier molecular flexibility index (Phi) is 2.27. The molecular formula is C6H9N3O3. The Morgan fingerprint density at radius 3 is 2.75 bits per heavy atom. The zero-order valence-electron chi connectivity index (χ0n) is 6.51. The molecule has 1 fully saturated rings. The third-order valence-electron chi connectivity index (χ3n) is 1.51. The maximum absolute atomic E-state index is 11.0. The van der Waals surface area contributed by atoms with E-state index in [0.29, 0.717) is 0 Å². The van der Waals surface area contributed by atoms with Crippen molar-refractivity contribution in [3.05, 3.63) is 0 Å². The van der Waals surface area contributed by atoms with Gasteiger partial charge in [0.2, 0.25) is 11.8 Å². The molecule has 12 heavy (non-hydrogen) atoms. The number of likely N-dealkylation sites (N-methyl/N-ethyl adjacent to an activating group) is 1. The van der Waals surface area contributed by atoms with Crippen molar-refractivity contribution in [2.75, 3.05) is 7.05 Å². The molecular weight excluding hydrogens is 162 g/mol. The minimum Gasteiger partial charge on any atom is -0.357 e. The normalized spacial score (nSPS) is 22.6. The highest BCUT2D eigenvalue weighted by molar-refractivity contribution is 6.02. The van der Waals surface area contributed by atoms with Crippen molar-refractivity contribution in [2.24, 2.45) is 0 Å². The maximum Gasteiger partial charge on any atom is 0.322 e. The molecule has 0 aliphatic carbocycles. The van der Waals surface area contributed by atoms with Crippen LogP contribution < -0.4 is 16.0 Å². The Balaban J connectivity index is 2.61. The minimum absolute atomic E-state index is 0.00852. The van der Waals surface area contributed by atoms with E-state index in [9.17, 15) is 14.4 Å². The van der Waals surface area contributed by atoms with Gasteiger partial charge in [-0.15, -0.1) is 0 Å². The van der Waals surface area contributed by atoms with Crippen molar-refractivity contribution >= 4 is 17.8 Å². The Hall–Kier alpha value is -1.59. The number of hydrogen-bond acceptors (Lipinski definition) is 3. The molecule has 0 aromatic rings. The van der Waals surface area contributed by atoms with Crippen LogP contribution in [0.25, 0.3) is 0 Å². The van der Waals surface area contributed by atoms with Crippen LogP contribution in [-0.2, 0) is 9.59 Å². The summed E-state index contributed by atoms with van der Waals surface area (Å²) in [5, 5.41) is 6.68. The standard InChI is InChI=1S/C6H9N3O3/c1-7-5(11)3-2-4(10)9-6(12)8-3/h3H,2H2,1H3,(H,7,11)(H2,8,9,10,12). The lowest BCUT2D eigenvalue weighted by molar-refractivity contribution is -0.128. The summed E-state index contributed by atoms with van der Waals surface area (Å²) in [4.78, 5) is 32.4. The number of imide groups is 1. The summed E-state index contributed by atoms with van der Waals surface area (Å²) in [5.74, 6) is -0.800. The fraction of sp³-hybridized carbons (Fsp3) is 0.500. The first-order chi connectivity index (χ1) is 5.63. The van der Waals surface area contributed by atoms with Gasteiger partial charge < -0.3 is 10.6 Å². The van der Waals surface area contributed by atoms with Gasteiger partial charge in [-0.2, -0.15) is 0 Å². The van der Waals surface area contributed by atoms with Crippen LogP contribution in [0.1, 0.15) is 6.42 Å². The summed E-state index contributed by atoms with van der Waals surface area (Å²) in [6.07, 6.45) is -0.00852. The molecule has 1 aliphatic rings. The molecule has 0 aromatic carbocycles. The first-order valence-electron chi connectivity index (χ1n) is 3.45. The topological polar surface area (TPSA) is 87.3 Å². The highest BCUT2D eigenvalue weighted by Gasteiger charge is 2.28. The highest BCUT2D eigenvalue weighted by atomic mass is 16.2. The summed E-state index contributed by atoms with van der Waals surface area (Å²) in [6.45, 7) is 0. The minimum atomic E-state index is -0.740. The summed E-state index contributed by atoms with van der Waals surface area (Å²) < 4.78 is 0. The molecule has 1 aliphatic heterocycles. The van der Waals surface area contributed by atoms with Gasteiger partial charge in [0.15, 0.2) is 0 Å². The lowest BCUT2D eigenvalue weighted by Gasteiger charge is -2.21. The van der Waals surface area contributed by atoms with E-state index in [4.69, 9.17) is 0 Å². The molecule has 0 spiro atoms. The van der Waals surface area contributed by atoms with Gasteiger partial charge in [-0.1, -0.05) is 0 Å². The average molecular weight is 171 g/mol. The smallest absolute Gasteiger partial charge is 0.322 e. The van der Waals surface area contributed by atoms with Gasteiger partial charge in [-0.25, -0.2) is 4.79 Å². The highest BCUT2D eigenvalue weighted by Crippen LogP contribution is 1.97. The van der Waals surface area contributed by atoms with E-state index < -0.39 is 18.0 Å². The van der Waals surface area contributed by atoms with Crippen molar-refractivity contribution in [1.29, 1.82) is 0 Å². The molecule has 6 nitrogen and oxygen atoms in total. The zero-order chi connectivity index (χ0) is 9.14. The molecule has 1 saturated heterocycles. The molecule has 4 amide bonds. The predicted octanol–water partition coefficient (Wildman–Crippen LogP) is -1.67. The summed E-state index contributed by atoms with van der Waals surface area (Å²) in [7, 11) is 1.45. The first kappa shape index (κ1) is 8.51. The van der Waals surface area contributed by atoms with E-state index >= 15 is 0 Å². The van der Waals surface area contributed by atoms with E-state index in [1.54, 1.807) is 0 Å². The van der Waals surface area contributed by atoms with E-state index in [-0.39, 0.29) is 12.3 Å². The maximum atomic E-state index is 11.0. The Morgan fingerprint density at radius 2 is 2.25 bits per heavy atom. The van der Waals surface area contributed by atoms with Crippen LogP contribution in [-0.4, -0.2) is 30.9 Å². The quantitative estimate of drug-likeness (QED) is 0.441. The lowest BCUT2D eigenvalue weighted by atomic mass is 10.1. The van der Waals surface area contributed by atoms with Gasteiger partial charge in [-0.3, -0.25) is 14.9 Å². The van der Waals surface area contributed by atoms with Gasteiger partial charge in [0.1, 0.15) is 6.04 Å². The fourth-order valence-corrected chi connectivity index (χ4v) is 0.941. The second-order valence-corrected chi connectivity index (χ2v) is 2.39. The summed E-state index contributed by atoms with van der Waals surface area (Å²) in [5.41, 5.74) is 0. The van der Waals surface area contributed by atoms with E-state index in [1.165, 1.54) is 7.05 Å². The van der Waals surface area contributed by atoms with Crippen molar-refractivity contribution < 1.29 is 14.4 Å². The number of amides is 4. The number of nitrogens with one attached hydrogen (secondary N) is 3. The van der Waals surface area contributed by atoms with Gasteiger partial charge >= 0.3 is 6.03 Å². The number of carbonyl (C=O) groups excluding carboxylic acids is 3. The molecule has 0 aromatic heterocycles.